The summed E-state index contributed by atoms with van der Waals surface area (Å²) in [6, 6.07) is 26.6. The molecular formula is C27H23Cl2NOZr. The minimum atomic E-state index is -1.29. The topological polar surface area (TPSA) is 32.6 Å². The van der Waals surface area contributed by atoms with Gasteiger partial charge in [0.2, 0.25) is 0 Å². The summed E-state index contributed by atoms with van der Waals surface area (Å²) in [4.78, 5) is 5.00. The van der Waals surface area contributed by atoms with E-state index in [2.05, 4.69) is 51.1 Å². The van der Waals surface area contributed by atoms with E-state index < -0.39 is 26.4 Å². The molecule has 1 N–H and O–H groups in total. The Morgan fingerprint density at radius 3 is 2.03 bits per heavy atom. The van der Waals surface area contributed by atoms with Crippen LogP contribution in [0.15, 0.2) is 83.9 Å². The van der Waals surface area contributed by atoms with Gasteiger partial charge in [0.15, 0.2) is 5.60 Å². The molecule has 160 valence electrons. The van der Waals surface area contributed by atoms with Crippen LogP contribution in [0.2, 0.25) is 0 Å². The van der Waals surface area contributed by atoms with Gasteiger partial charge in [0.25, 0.3) is 0 Å². The summed E-state index contributed by atoms with van der Waals surface area (Å²) >= 11 is -0.826. The van der Waals surface area contributed by atoms with Crippen molar-refractivity contribution in [1.29, 1.82) is 0 Å². The summed E-state index contributed by atoms with van der Waals surface area (Å²) < 4.78 is 0. The van der Waals surface area contributed by atoms with Crippen molar-refractivity contribution in [2.45, 2.75) is 26.4 Å². The second kappa shape index (κ2) is 9.61. The fourth-order valence-electron chi connectivity index (χ4n) is 4.94. The Morgan fingerprint density at radius 1 is 0.812 bits per heavy atom. The normalized spacial score (nSPS) is 17.9. The zero-order valence-corrected chi connectivity index (χ0v) is 22.1. The summed E-state index contributed by atoms with van der Waals surface area (Å²) in [6.07, 6.45) is 0. The van der Waals surface area contributed by atoms with Crippen molar-refractivity contribution in [3.8, 4) is 0 Å². The Morgan fingerprint density at radius 2 is 1.41 bits per heavy atom. The molecule has 0 spiro atoms. The number of aliphatic imine (C=N–C) groups is 1. The fraction of sp³-hybridized carbons (Fsp3) is 0.148. The molecule has 4 aromatic carbocycles. The number of nitrogens with zero attached hydrogens (tertiary/aromatic N) is 1. The van der Waals surface area contributed by atoms with Crippen molar-refractivity contribution >= 4 is 39.2 Å². The van der Waals surface area contributed by atoms with Gasteiger partial charge in [0.1, 0.15) is 0 Å². The first kappa shape index (κ1) is 23.4. The predicted octanol–water partition coefficient (Wildman–Crippen LogP) is 7.51. The molecule has 0 amide bonds. The van der Waals surface area contributed by atoms with E-state index in [0.717, 1.165) is 44.3 Å². The monoisotopic (exact) mass is 537 g/mol. The van der Waals surface area contributed by atoms with Crippen LogP contribution >= 0.6 is 17.0 Å². The molecule has 0 bridgehead atoms. The van der Waals surface area contributed by atoms with Crippen LogP contribution in [-0.4, -0.2) is 10.8 Å². The third-order valence-electron chi connectivity index (χ3n) is 5.93. The van der Waals surface area contributed by atoms with Gasteiger partial charge in [0, 0.05) is 16.7 Å². The molecule has 0 saturated carbocycles. The maximum atomic E-state index is 12.4. The maximum absolute atomic E-state index is 12.4. The SMILES string of the molecule is Cc1cc(C)c(C2(O)C(=Nc3ccccc3)c3cccc4cccc2c34)c(C)c1.[Cl][Zr][Cl]. The molecule has 5 rings (SSSR count). The van der Waals surface area contributed by atoms with Crippen molar-refractivity contribution < 1.29 is 26.0 Å². The standard InChI is InChI=1S/C27H23NO.2ClH.Zr/c1-17-15-18(2)25(19(3)16-17)27(29)23-14-8-10-20-9-7-13-22(24(20)23)26(27)28-21-11-5-4-6-12-21;;;/h4-16,29H,1-3H3;2*1H;/q;;;+2/p-2. The van der Waals surface area contributed by atoms with Gasteiger partial charge >= 0.3 is 37.9 Å². The predicted molar refractivity (Wildman–Crippen MR) is 132 cm³/mol. The summed E-state index contributed by atoms with van der Waals surface area (Å²) in [5.74, 6) is 0. The molecule has 0 aliphatic heterocycles. The molecule has 1 aliphatic carbocycles. The van der Waals surface area contributed by atoms with Gasteiger partial charge in [-0.2, -0.15) is 0 Å². The number of hydrogen-bond donors (Lipinski definition) is 1. The Hall–Kier alpha value is -1.77. The van der Waals surface area contributed by atoms with Crippen LogP contribution in [-0.2, 0) is 26.4 Å². The van der Waals surface area contributed by atoms with E-state index >= 15 is 0 Å². The van der Waals surface area contributed by atoms with Gasteiger partial charge in [-0.1, -0.05) is 72.3 Å². The van der Waals surface area contributed by atoms with Crippen molar-refractivity contribution in [3.63, 3.8) is 0 Å². The molecule has 5 heteroatoms. The van der Waals surface area contributed by atoms with Crippen molar-refractivity contribution in [3.05, 3.63) is 112 Å². The van der Waals surface area contributed by atoms with Crippen molar-refractivity contribution in [2.24, 2.45) is 4.99 Å². The summed E-state index contributed by atoms with van der Waals surface area (Å²) in [5.41, 5.74) is 6.45. The van der Waals surface area contributed by atoms with Crippen LogP contribution in [0.25, 0.3) is 10.8 Å². The molecule has 4 aromatic rings. The molecule has 32 heavy (non-hydrogen) atoms. The van der Waals surface area contributed by atoms with E-state index in [0.29, 0.717) is 5.71 Å². The van der Waals surface area contributed by atoms with Crippen molar-refractivity contribution in [2.75, 3.05) is 0 Å². The van der Waals surface area contributed by atoms with Crippen LogP contribution in [0, 0.1) is 20.8 Å². The van der Waals surface area contributed by atoms with Crippen LogP contribution in [0.1, 0.15) is 33.4 Å². The van der Waals surface area contributed by atoms with E-state index in [4.69, 9.17) is 22.0 Å². The van der Waals surface area contributed by atoms with Crippen molar-refractivity contribution in [1.82, 2.24) is 0 Å². The molecule has 0 heterocycles. The molecule has 1 unspecified atom stereocenters. The van der Waals surface area contributed by atoms with Gasteiger partial charge in [-0.25, -0.2) is 4.99 Å². The molecule has 1 aliphatic rings. The first-order chi connectivity index (χ1) is 15.4. The first-order valence-corrected chi connectivity index (χ1v) is 16.7. The van der Waals surface area contributed by atoms with Gasteiger partial charge in [-0.3, -0.25) is 0 Å². The Balaban J connectivity index is 0.000000775. The number of para-hydroxylation sites is 1. The molecule has 1 atom stereocenters. The van der Waals surface area contributed by atoms with E-state index in [1.807, 2.05) is 48.5 Å². The molecule has 0 saturated heterocycles. The second-order valence-electron chi connectivity index (χ2n) is 8.06. The minimum absolute atomic E-state index is 0.700. The Labute approximate surface area is 207 Å². The fourth-order valence-corrected chi connectivity index (χ4v) is 4.94. The number of aryl methyl sites for hydroxylation is 3. The molecule has 0 fully saturated rings. The van der Waals surface area contributed by atoms with Gasteiger partial charge in [-0.15, -0.1) is 0 Å². The molecular weight excluding hydrogens is 516 g/mol. The van der Waals surface area contributed by atoms with Gasteiger partial charge < -0.3 is 5.11 Å². The third-order valence-corrected chi connectivity index (χ3v) is 5.93. The number of hydrogen-bond acceptors (Lipinski definition) is 2. The number of rotatable bonds is 2. The summed E-state index contributed by atoms with van der Waals surface area (Å²) in [7, 11) is 9.87. The summed E-state index contributed by atoms with van der Waals surface area (Å²) in [6.45, 7) is 6.25. The van der Waals surface area contributed by atoms with Gasteiger partial charge in [-0.05, 0) is 54.8 Å². The van der Waals surface area contributed by atoms with E-state index in [1.165, 1.54) is 5.56 Å². The molecule has 0 aromatic heterocycles. The number of aliphatic hydroxyl groups is 1. The van der Waals surface area contributed by atoms with Crippen LogP contribution in [0.3, 0.4) is 0 Å². The van der Waals surface area contributed by atoms with E-state index in [1.54, 1.807) is 0 Å². The zero-order chi connectivity index (χ0) is 22.9. The zero-order valence-electron chi connectivity index (χ0n) is 18.2. The quantitative estimate of drug-likeness (QED) is 0.281. The average Bonchev–Trinajstić information content (AvgIpc) is 3.00. The first-order valence-electron chi connectivity index (χ1n) is 10.4. The van der Waals surface area contributed by atoms with Gasteiger partial charge in [0.05, 0.1) is 11.4 Å². The summed E-state index contributed by atoms with van der Waals surface area (Å²) in [5, 5.41) is 14.7. The second-order valence-corrected chi connectivity index (χ2v) is 11.8. The van der Waals surface area contributed by atoms with Crippen LogP contribution < -0.4 is 0 Å². The Kier molecular flexibility index (Phi) is 7.03. The Bertz CT molecular complexity index is 1290. The number of halogens is 2. The molecule has 2 nitrogen and oxygen atoms in total. The molecule has 0 radical (unpaired) electrons. The average molecular weight is 540 g/mol. The van der Waals surface area contributed by atoms with E-state index in [-0.39, 0.29) is 0 Å². The van der Waals surface area contributed by atoms with Crippen LogP contribution in [0.4, 0.5) is 5.69 Å². The van der Waals surface area contributed by atoms with E-state index in [9.17, 15) is 5.11 Å². The third kappa shape index (κ3) is 4.01. The van der Waals surface area contributed by atoms with Crippen LogP contribution in [0.5, 0.6) is 0 Å². The number of benzene rings is 4.